The molecule has 0 unspecified atom stereocenters. The van der Waals surface area contributed by atoms with Crippen LogP contribution >= 0.6 is 0 Å². The Labute approximate surface area is 152 Å². The fourth-order valence-corrected chi connectivity index (χ4v) is 2.68. The summed E-state index contributed by atoms with van der Waals surface area (Å²) in [7, 11) is 0. The van der Waals surface area contributed by atoms with Gasteiger partial charge in [-0.3, -0.25) is 9.59 Å². The van der Waals surface area contributed by atoms with Crippen molar-refractivity contribution in [2.45, 2.75) is 19.5 Å². The van der Waals surface area contributed by atoms with E-state index in [4.69, 9.17) is 4.52 Å². The molecule has 1 aromatic carbocycles. The van der Waals surface area contributed by atoms with E-state index in [1.54, 1.807) is 6.07 Å². The summed E-state index contributed by atoms with van der Waals surface area (Å²) in [5.74, 6) is -0.232. The maximum absolute atomic E-state index is 12.7. The van der Waals surface area contributed by atoms with Gasteiger partial charge in [-0.15, -0.1) is 0 Å². The molecule has 27 heavy (non-hydrogen) atoms. The molecule has 1 aliphatic carbocycles. The van der Waals surface area contributed by atoms with Crippen LogP contribution in [0.3, 0.4) is 0 Å². The lowest BCUT2D eigenvalue weighted by Crippen LogP contribution is -2.26. The molecule has 1 aliphatic heterocycles. The molecular weight excluding hydrogens is 361 g/mol. The summed E-state index contributed by atoms with van der Waals surface area (Å²) in [6.45, 7) is 1.99. The highest BCUT2D eigenvalue weighted by molar-refractivity contribution is 5.94. The molecule has 0 saturated carbocycles. The molecular formula is C19H15F3N2O3. The van der Waals surface area contributed by atoms with Gasteiger partial charge in [0, 0.05) is 30.2 Å². The van der Waals surface area contributed by atoms with E-state index in [2.05, 4.69) is 10.5 Å². The maximum atomic E-state index is 12.7. The first-order valence-corrected chi connectivity index (χ1v) is 8.10. The molecule has 0 atom stereocenters. The van der Waals surface area contributed by atoms with Gasteiger partial charge in [-0.05, 0) is 42.8 Å². The van der Waals surface area contributed by atoms with Crippen molar-refractivity contribution < 1.29 is 22.5 Å². The van der Waals surface area contributed by atoms with Crippen LogP contribution in [0.5, 0.6) is 0 Å². The Morgan fingerprint density at radius 1 is 1.19 bits per heavy atom. The Balaban J connectivity index is 1.68. The normalized spacial score (nSPS) is 11.6. The number of nitrogens with one attached hydrogen (secondary N) is 1. The molecule has 0 aromatic heterocycles. The molecule has 0 bridgehead atoms. The first kappa shape index (κ1) is 18.6. The summed E-state index contributed by atoms with van der Waals surface area (Å²) in [4.78, 5) is 23.4. The molecule has 1 aromatic rings. The monoisotopic (exact) mass is 376 g/mol. The fourth-order valence-electron chi connectivity index (χ4n) is 2.68. The van der Waals surface area contributed by atoms with Gasteiger partial charge >= 0.3 is 6.18 Å². The van der Waals surface area contributed by atoms with Gasteiger partial charge < -0.3 is 9.84 Å². The molecule has 0 spiro atoms. The van der Waals surface area contributed by atoms with E-state index in [1.165, 1.54) is 24.3 Å². The number of alkyl halides is 3. The van der Waals surface area contributed by atoms with Crippen LogP contribution in [0.1, 0.15) is 27.2 Å². The van der Waals surface area contributed by atoms with Crippen LogP contribution in [0.4, 0.5) is 13.2 Å². The number of fused-ring (bicyclic) bond motifs is 1. The lowest BCUT2D eigenvalue weighted by atomic mass is 10.0. The van der Waals surface area contributed by atoms with Gasteiger partial charge in [0.15, 0.2) is 11.2 Å². The molecule has 1 amide bonds. The zero-order valence-corrected chi connectivity index (χ0v) is 14.3. The van der Waals surface area contributed by atoms with Gasteiger partial charge in [0.05, 0.1) is 11.3 Å². The number of hydrogen-bond donors (Lipinski definition) is 1. The van der Waals surface area contributed by atoms with Gasteiger partial charge in [0.2, 0.25) is 0 Å². The van der Waals surface area contributed by atoms with Crippen LogP contribution in [-0.2, 0) is 12.6 Å². The zero-order chi connectivity index (χ0) is 19.6. The van der Waals surface area contributed by atoms with Crippen molar-refractivity contribution in [1.82, 2.24) is 10.5 Å². The third-order valence-corrected chi connectivity index (χ3v) is 4.14. The van der Waals surface area contributed by atoms with E-state index >= 15 is 0 Å². The van der Waals surface area contributed by atoms with Crippen molar-refractivity contribution in [3.05, 3.63) is 75.1 Å². The van der Waals surface area contributed by atoms with Crippen LogP contribution in [-0.4, -0.2) is 17.6 Å². The van der Waals surface area contributed by atoms with E-state index in [0.717, 1.165) is 23.3 Å². The Morgan fingerprint density at radius 3 is 2.70 bits per heavy atom. The lowest BCUT2D eigenvalue weighted by Gasteiger charge is -2.11. The SMILES string of the molecule is Cc1c2ccc(=O)cc-2onc1CCNC(=O)c1cccc(C(F)(F)F)c1. The number of nitrogens with zero attached hydrogens (tertiary/aromatic N) is 1. The number of carbonyl (C=O) groups is 1. The maximum Gasteiger partial charge on any atom is 0.416 e. The Hall–Kier alpha value is -3.16. The highest BCUT2D eigenvalue weighted by Crippen LogP contribution is 2.29. The van der Waals surface area contributed by atoms with Crippen molar-refractivity contribution in [1.29, 1.82) is 0 Å². The van der Waals surface area contributed by atoms with Crippen LogP contribution in [0, 0.1) is 6.92 Å². The second-order valence-electron chi connectivity index (χ2n) is 6.00. The average molecular weight is 376 g/mol. The van der Waals surface area contributed by atoms with Crippen LogP contribution in [0.15, 0.2) is 51.8 Å². The van der Waals surface area contributed by atoms with E-state index in [9.17, 15) is 22.8 Å². The highest BCUT2D eigenvalue weighted by Gasteiger charge is 2.30. The van der Waals surface area contributed by atoms with E-state index < -0.39 is 17.6 Å². The summed E-state index contributed by atoms with van der Waals surface area (Å²) in [5.41, 5.74) is 1.01. The number of carbonyl (C=O) groups excluding carboxylic acids is 1. The number of halogens is 3. The minimum absolute atomic E-state index is 0.0688. The molecule has 8 heteroatoms. The molecule has 3 rings (SSSR count). The van der Waals surface area contributed by atoms with Crippen molar-refractivity contribution in [3.63, 3.8) is 0 Å². The predicted octanol–water partition coefficient (Wildman–Crippen LogP) is 3.44. The molecule has 0 radical (unpaired) electrons. The Kier molecular flexibility index (Phi) is 4.98. The predicted molar refractivity (Wildman–Crippen MR) is 91.6 cm³/mol. The minimum atomic E-state index is -4.51. The Morgan fingerprint density at radius 2 is 1.96 bits per heavy atom. The van der Waals surface area contributed by atoms with Crippen LogP contribution < -0.4 is 10.7 Å². The smallest absolute Gasteiger partial charge is 0.356 e. The number of aromatic nitrogens is 1. The number of hydrogen-bond acceptors (Lipinski definition) is 4. The number of amides is 1. The molecule has 140 valence electrons. The van der Waals surface area contributed by atoms with Crippen LogP contribution in [0.25, 0.3) is 11.3 Å². The first-order valence-electron chi connectivity index (χ1n) is 8.10. The lowest BCUT2D eigenvalue weighted by molar-refractivity contribution is -0.137. The van der Waals surface area contributed by atoms with E-state index in [0.29, 0.717) is 17.9 Å². The quantitative estimate of drug-likeness (QED) is 0.757. The van der Waals surface area contributed by atoms with Crippen molar-refractivity contribution >= 4 is 5.91 Å². The van der Waals surface area contributed by atoms with Gasteiger partial charge in [-0.25, -0.2) is 0 Å². The summed E-state index contributed by atoms with van der Waals surface area (Å²) >= 11 is 0. The fraction of sp³-hybridized carbons (Fsp3) is 0.211. The summed E-state index contributed by atoms with van der Waals surface area (Å²) < 4.78 is 43.4. The van der Waals surface area contributed by atoms with Gasteiger partial charge in [0.1, 0.15) is 0 Å². The zero-order valence-electron chi connectivity index (χ0n) is 14.3. The Bertz CT molecular complexity index is 1010. The standard InChI is InChI=1S/C19H15F3N2O3/c1-11-15-6-5-14(25)10-17(15)27-24-16(11)7-8-23-18(26)12-3-2-4-13(9-12)19(20,21)22/h2-6,9-10H,7-8H2,1H3,(H,23,26). The van der Waals surface area contributed by atoms with Crippen LogP contribution in [0.2, 0.25) is 0 Å². The highest BCUT2D eigenvalue weighted by atomic mass is 19.4. The molecule has 0 saturated heterocycles. The van der Waals surface area contributed by atoms with Crippen molar-refractivity contribution in [3.8, 4) is 11.3 Å². The van der Waals surface area contributed by atoms with E-state index in [-0.39, 0.29) is 17.5 Å². The topological polar surface area (TPSA) is 72.2 Å². The largest absolute Gasteiger partial charge is 0.416 e. The van der Waals surface area contributed by atoms with E-state index in [1.807, 2.05) is 6.92 Å². The summed E-state index contributed by atoms with van der Waals surface area (Å²) in [5, 5.41) is 6.52. The molecule has 1 heterocycles. The summed E-state index contributed by atoms with van der Waals surface area (Å²) in [6, 6.07) is 8.63. The van der Waals surface area contributed by atoms with Crippen molar-refractivity contribution in [2.24, 2.45) is 0 Å². The van der Waals surface area contributed by atoms with Crippen molar-refractivity contribution in [2.75, 3.05) is 6.54 Å². The van der Waals surface area contributed by atoms with Gasteiger partial charge in [-0.1, -0.05) is 11.2 Å². The number of rotatable bonds is 4. The molecule has 5 nitrogen and oxygen atoms in total. The average Bonchev–Trinajstić information content (AvgIpc) is 2.63. The first-order chi connectivity index (χ1) is 12.8. The summed E-state index contributed by atoms with van der Waals surface area (Å²) in [6.07, 6.45) is -4.18. The second kappa shape index (κ2) is 7.22. The third kappa shape index (κ3) is 4.16. The number of benzene rings is 2. The third-order valence-electron chi connectivity index (χ3n) is 4.14. The molecule has 1 N–H and O–H groups in total. The van der Waals surface area contributed by atoms with Gasteiger partial charge in [0.25, 0.3) is 5.91 Å². The minimum Gasteiger partial charge on any atom is -0.356 e. The van der Waals surface area contributed by atoms with Gasteiger partial charge in [-0.2, -0.15) is 13.2 Å². The molecule has 2 aliphatic rings. The molecule has 0 fully saturated rings. The second-order valence-corrected chi connectivity index (χ2v) is 6.00.